The Labute approximate surface area is 221 Å². The maximum atomic E-state index is 12.5. The number of rotatable bonds is 10. The van der Waals surface area contributed by atoms with Crippen LogP contribution in [0, 0.1) is 6.92 Å². The number of carbonyl (C=O) groups is 1. The summed E-state index contributed by atoms with van der Waals surface area (Å²) in [6.45, 7) is 7.11. The van der Waals surface area contributed by atoms with Crippen LogP contribution in [0.2, 0.25) is 0 Å². The quantitative estimate of drug-likeness (QED) is 0.335. The number of carbonyl (C=O) groups excluding carboxylic acids is 1. The first kappa shape index (κ1) is 25.6. The lowest BCUT2D eigenvalue weighted by molar-refractivity contribution is -0.122. The number of benzene rings is 3. The number of nitrogens with one attached hydrogen (secondary N) is 1. The van der Waals surface area contributed by atoms with Crippen molar-refractivity contribution in [2.75, 3.05) is 52.4 Å². The van der Waals surface area contributed by atoms with Crippen molar-refractivity contribution < 1.29 is 14.6 Å². The smallest absolute Gasteiger partial charge is 0.234 e. The number of hydrogen-bond donors (Lipinski definition) is 2. The Bertz CT molecular complexity index is 1340. The Morgan fingerprint density at radius 3 is 2.73 bits per heavy atom. The van der Waals surface area contributed by atoms with Crippen LogP contribution in [0.1, 0.15) is 10.6 Å². The number of amides is 1. The van der Waals surface area contributed by atoms with E-state index in [0.29, 0.717) is 19.6 Å². The molecule has 2 heterocycles. The molecule has 1 fully saturated rings. The van der Waals surface area contributed by atoms with Crippen molar-refractivity contribution in [2.45, 2.75) is 19.4 Å². The molecule has 5 rings (SSSR count). The highest BCUT2D eigenvalue weighted by Gasteiger charge is 2.21. The van der Waals surface area contributed by atoms with Gasteiger partial charge in [-0.05, 0) is 41.8 Å². The van der Waals surface area contributed by atoms with E-state index in [-0.39, 0.29) is 12.5 Å². The summed E-state index contributed by atoms with van der Waals surface area (Å²) in [7, 11) is 0. The van der Waals surface area contributed by atoms with Crippen molar-refractivity contribution in [1.82, 2.24) is 20.1 Å². The number of thiazole rings is 1. The van der Waals surface area contributed by atoms with E-state index < -0.39 is 6.10 Å². The molecule has 1 aliphatic heterocycles. The molecule has 1 saturated heterocycles. The molecular weight excluding hydrogens is 484 g/mol. The second-order valence-corrected chi connectivity index (χ2v) is 10.9. The fraction of sp³-hybridized carbons (Fsp3) is 0.379. The van der Waals surface area contributed by atoms with Crippen molar-refractivity contribution in [2.24, 2.45) is 0 Å². The lowest BCUT2D eigenvalue weighted by Crippen LogP contribution is -2.51. The molecule has 3 aromatic carbocycles. The van der Waals surface area contributed by atoms with Crippen LogP contribution < -0.4 is 10.1 Å². The minimum absolute atomic E-state index is 0.0643. The van der Waals surface area contributed by atoms with E-state index in [4.69, 9.17) is 4.74 Å². The summed E-state index contributed by atoms with van der Waals surface area (Å²) in [6, 6.07) is 20.6. The molecule has 194 valence electrons. The number of aromatic nitrogens is 1. The van der Waals surface area contributed by atoms with Gasteiger partial charge in [-0.15, -0.1) is 11.3 Å². The fourth-order valence-electron chi connectivity index (χ4n) is 4.89. The maximum Gasteiger partial charge on any atom is 0.234 e. The summed E-state index contributed by atoms with van der Waals surface area (Å²) in [4.78, 5) is 21.4. The highest BCUT2D eigenvalue weighted by atomic mass is 32.1. The number of aliphatic hydroxyl groups is 1. The Morgan fingerprint density at radius 2 is 1.86 bits per heavy atom. The van der Waals surface area contributed by atoms with Gasteiger partial charge in [0.25, 0.3) is 0 Å². The molecule has 37 heavy (non-hydrogen) atoms. The monoisotopic (exact) mass is 518 g/mol. The second-order valence-electron chi connectivity index (χ2n) is 9.64. The predicted molar refractivity (Wildman–Crippen MR) is 149 cm³/mol. The molecule has 1 atom stereocenters. The van der Waals surface area contributed by atoms with E-state index in [1.807, 2.05) is 31.2 Å². The van der Waals surface area contributed by atoms with Gasteiger partial charge in [0.15, 0.2) is 0 Å². The molecule has 1 aromatic heterocycles. The van der Waals surface area contributed by atoms with E-state index in [1.54, 1.807) is 11.3 Å². The Balaban J connectivity index is 0.990. The lowest BCUT2D eigenvalue weighted by atomic mass is 10.0. The molecular formula is C29H34N4O3S. The zero-order chi connectivity index (χ0) is 25.6. The average Bonchev–Trinajstić information content (AvgIpc) is 3.28. The molecule has 1 aliphatic rings. The van der Waals surface area contributed by atoms with Crippen LogP contribution in [-0.2, 0) is 11.2 Å². The van der Waals surface area contributed by atoms with Gasteiger partial charge >= 0.3 is 0 Å². The first-order valence-corrected chi connectivity index (χ1v) is 13.7. The Kier molecular flexibility index (Phi) is 8.31. The number of aryl methyl sites for hydroxylation is 1. The summed E-state index contributed by atoms with van der Waals surface area (Å²) < 4.78 is 6.96. The number of piperazine rings is 1. The highest BCUT2D eigenvalue weighted by molar-refractivity contribution is 7.18. The second kappa shape index (κ2) is 12.0. The first-order chi connectivity index (χ1) is 18.0. The minimum Gasteiger partial charge on any atom is -0.491 e. The third-order valence-corrected chi connectivity index (χ3v) is 7.76. The fourth-order valence-corrected chi connectivity index (χ4v) is 5.70. The van der Waals surface area contributed by atoms with Crippen LogP contribution in [0.25, 0.3) is 21.0 Å². The van der Waals surface area contributed by atoms with Crippen molar-refractivity contribution in [3.63, 3.8) is 0 Å². The minimum atomic E-state index is -0.572. The largest absolute Gasteiger partial charge is 0.491 e. The van der Waals surface area contributed by atoms with Crippen molar-refractivity contribution in [1.29, 1.82) is 0 Å². The van der Waals surface area contributed by atoms with Gasteiger partial charge in [0.05, 0.1) is 21.8 Å². The van der Waals surface area contributed by atoms with Gasteiger partial charge in [-0.3, -0.25) is 14.6 Å². The van der Waals surface area contributed by atoms with Crippen LogP contribution in [0.5, 0.6) is 5.75 Å². The molecule has 0 radical (unpaired) electrons. The van der Waals surface area contributed by atoms with Crippen molar-refractivity contribution >= 4 is 38.2 Å². The molecule has 0 spiro atoms. The molecule has 2 N–H and O–H groups in total. The van der Waals surface area contributed by atoms with Crippen LogP contribution in [0.4, 0.5) is 0 Å². The van der Waals surface area contributed by atoms with Crippen LogP contribution in [0.15, 0.2) is 60.7 Å². The molecule has 4 aromatic rings. The van der Waals surface area contributed by atoms with E-state index in [2.05, 4.69) is 56.5 Å². The molecule has 8 heteroatoms. The molecule has 0 bridgehead atoms. The standard InChI is InChI=1S/C29H34N4O3S/c1-21-31-27-17-25(9-10-28(27)37-21)36-20-24(34)18-32-13-15-33(16-14-32)19-29(35)30-12-11-23-7-4-6-22-5-2-3-8-26(22)23/h2-10,17,24,34H,11-16,18-20H2,1H3,(H,30,35)/t24-/m1/s1. The summed E-state index contributed by atoms with van der Waals surface area (Å²) in [5.41, 5.74) is 2.19. The third kappa shape index (κ3) is 6.84. The highest BCUT2D eigenvalue weighted by Crippen LogP contribution is 2.25. The van der Waals surface area contributed by atoms with Crippen LogP contribution >= 0.6 is 11.3 Å². The van der Waals surface area contributed by atoms with Gasteiger partial charge in [-0.25, -0.2) is 4.98 Å². The molecule has 0 unspecified atom stereocenters. The number of nitrogens with zero attached hydrogens (tertiary/aromatic N) is 3. The summed E-state index contributed by atoms with van der Waals surface area (Å²) in [5, 5.41) is 17.1. The Morgan fingerprint density at radius 1 is 1.08 bits per heavy atom. The third-order valence-electron chi connectivity index (χ3n) is 6.81. The van der Waals surface area contributed by atoms with Crippen LogP contribution in [0.3, 0.4) is 0 Å². The van der Waals surface area contributed by atoms with Gasteiger partial charge in [-0.2, -0.15) is 0 Å². The van der Waals surface area contributed by atoms with E-state index >= 15 is 0 Å². The lowest BCUT2D eigenvalue weighted by Gasteiger charge is -2.35. The number of fused-ring (bicyclic) bond motifs is 2. The summed E-state index contributed by atoms with van der Waals surface area (Å²) >= 11 is 1.66. The van der Waals surface area contributed by atoms with E-state index in [0.717, 1.165) is 53.6 Å². The SMILES string of the molecule is Cc1nc2cc(OC[C@H](O)CN3CCN(CC(=O)NCCc4cccc5ccccc45)CC3)ccc2s1. The molecule has 7 nitrogen and oxygen atoms in total. The normalized spacial score (nSPS) is 15.7. The van der Waals surface area contributed by atoms with Gasteiger partial charge in [0.1, 0.15) is 18.5 Å². The Hall–Kier alpha value is -3.04. The predicted octanol–water partition coefficient (Wildman–Crippen LogP) is 3.47. The number of ether oxygens (including phenoxy) is 1. The number of β-amino-alcohol motifs (C(OH)–C–C–N with tert-alkyl or cyclic N) is 1. The molecule has 0 aliphatic carbocycles. The number of hydrogen-bond acceptors (Lipinski definition) is 7. The van der Waals surface area contributed by atoms with Crippen LogP contribution in [-0.4, -0.2) is 84.3 Å². The van der Waals surface area contributed by atoms with Gasteiger partial charge < -0.3 is 15.2 Å². The molecule has 1 amide bonds. The zero-order valence-corrected chi connectivity index (χ0v) is 22.0. The van der Waals surface area contributed by atoms with E-state index in [1.165, 1.54) is 16.3 Å². The van der Waals surface area contributed by atoms with Gasteiger partial charge in [0.2, 0.25) is 5.91 Å². The maximum absolute atomic E-state index is 12.5. The summed E-state index contributed by atoms with van der Waals surface area (Å²) in [5.74, 6) is 0.794. The van der Waals surface area contributed by atoms with E-state index in [9.17, 15) is 9.90 Å². The summed E-state index contributed by atoms with van der Waals surface area (Å²) in [6.07, 6.45) is 0.245. The number of aliphatic hydroxyl groups excluding tert-OH is 1. The van der Waals surface area contributed by atoms with Crippen molar-refractivity contribution in [3.8, 4) is 5.75 Å². The first-order valence-electron chi connectivity index (χ1n) is 12.9. The molecule has 0 saturated carbocycles. The van der Waals surface area contributed by atoms with Crippen molar-refractivity contribution in [3.05, 3.63) is 71.2 Å². The zero-order valence-electron chi connectivity index (χ0n) is 21.2. The van der Waals surface area contributed by atoms with Gasteiger partial charge in [0, 0.05) is 45.3 Å². The van der Waals surface area contributed by atoms with Gasteiger partial charge in [-0.1, -0.05) is 42.5 Å². The average molecular weight is 519 g/mol. The topological polar surface area (TPSA) is 77.9 Å².